The van der Waals surface area contributed by atoms with Crippen molar-refractivity contribution in [2.75, 3.05) is 5.32 Å². The Morgan fingerprint density at radius 2 is 1.77 bits per heavy atom. The molecule has 0 fully saturated rings. The highest BCUT2D eigenvalue weighted by Gasteiger charge is 2.03. The van der Waals surface area contributed by atoms with Gasteiger partial charge in [-0.25, -0.2) is 4.79 Å². The highest BCUT2D eigenvalue weighted by Crippen LogP contribution is 2.17. The van der Waals surface area contributed by atoms with Crippen molar-refractivity contribution >= 4 is 11.7 Å². The van der Waals surface area contributed by atoms with Gasteiger partial charge in [-0.2, -0.15) is 0 Å². The second-order valence-corrected chi connectivity index (χ2v) is 5.97. The third kappa shape index (κ3) is 5.34. The number of carbonyl (C=O) groups is 1. The molecule has 2 aromatic carbocycles. The maximum atomic E-state index is 12.0. The van der Waals surface area contributed by atoms with Gasteiger partial charge in [-0.1, -0.05) is 35.9 Å². The van der Waals surface area contributed by atoms with Crippen LogP contribution < -0.4 is 15.4 Å². The molecule has 0 radical (unpaired) electrons. The van der Waals surface area contributed by atoms with Crippen molar-refractivity contribution in [1.29, 1.82) is 0 Å². The van der Waals surface area contributed by atoms with Crippen molar-refractivity contribution in [2.45, 2.75) is 20.1 Å². The van der Waals surface area contributed by atoms with E-state index >= 15 is 0 Å². The number of nitrogens with zero attached hydrogens (tertiary/aromatic N) is 1. The van der Waals surface area contributed by atoms with Crippen LogP contribution in [0.15, 0.2) is 73.1 Å². The summed E-state index contributed by atoms with van der Waals surface area (Å²) < 4.78 is 5.70. The number of hydrogen-bond donors (Lipinski definition) is 2. The lowest BCUT2D eigenvalue weighted by Gasteiger charge is -2.09. The molecule has 132 valence electrons. The first-order valence-electron chi connectivity index (χ1n) is 8.41. The van der Waals surface area contributed by atoms with E-state index in [1.165, 1.54) is 5.56 Å². The zero-order valence-corrected chi connectivity index (χ0v) is 14.6. The average Bonchev–Trinajstić information content (AvgIpc) is 2.68. The topological polar surface area (TPSA) is 63.2 Å². The van der Waals surface area contributed by atoms with Gasteiger partial charge in [0, 0.05) is 30.2 Å². The SMILES string of the molecule is Cc1ccc(CNC(=O)Nc2ccc(OCc3cccnc3)cc2)cc1. The van der Waals surface area contributed by atoms with Crippen LogP contribution in [0, 0.1) is 6.92 Å². The molecule has 1 heterocycles. The number of aromatic nitrogens is 1. The molecule has 0 saturated carbocycles. The fourth-order valence-electron chi connectivity index (χ4n) is 2.35. The number of amides is 2. The molecule has 5 nitrogen and oxygen atoms in total. The third-order valence-electron chi connectivity index (χ3n) is 3.81. The Hall–Kier alpha value is -3.34. The van der Waals surface area contributed by atoms with Crippen LogP contribution in [0.3, 0.4) is 0 Å². The number of hydrogen-bond acceptors (Lipinski definition) is 3. The van der Waals surface area contributed by atoms with E-state index in [9.17, 15) is 4.79 Å². The molecule has 1 aromatic heterocycles. The number of pyridine rings is 1. The summed E-state index contributed by atoms with van der Waals surface area (Å²) in [5, 5.41) is 5.65. The fraction of sp³-hybridized carbons (Fsp3) is 0.143. The summed E-state index contributed by atoms with van der Waals surface area (Å²) in [7, 11) is 0. The second kappa shape index (κ2) is 8.67. The molecule has 3 rings (SSSR count). The van der Waals surface area contributed by atoms with Crippen molar-refractivity contribution in [3.63, 3.8) is 0 Å². The number of rotatable bonds is 6. The van der Waals surface area contributed by atoms with Gasteiger partial charge in [-0.05, 0) is 42.8 Å². The van der Waals surface area contributed by atoms with Crippen LogP contribution in [0.25, 0.3) is 0 Å². The molecule has 0 unspecified atom stereocenters. The Labute approximate surface area is 153 Å². The Morgan fingerprint density at radius 3 is 2.46 bits per heavy atom. The zero-order valence-electron chi connectivity index (χ0n) is 14.6. The predicted molar refractivity (Wildman–Crippen MR) is 102 cm³/mol. The number of anilines is 1. The van der Waals surface area contributed by atoms with E-state index in [-0.39, 0.29) is 6.03 Å². The van der Waals surface area contributed by atoms with Crippen LogP contribution >= 0.6 is 0 Å². The predicted octanol–water partition coefficient (Wildman–Crippen LogP) is 4.29. The molecular weight excluding hydrogens is 326 g/mol. The van der Waals surface area contributed by atoms with E-state index < -0.39 is 0 Å². The summed E-state index contributed by atoms with van der Waals surface area (Å²) in [6, 6.07) is 18.9. The number of nitrogens with one attached hydrogen (secondary N) is 2. The van der Waals surface area contributed by atoms with Gasteiger partial charge in [-0.3, -0.25) is 4.98 Å². The molecule has 0 saturated heterocycles. The summed E-state index contributed by atoms with van der Waals surface area (Å²) in [5.41, 5.74) is 3.97. The Balaban J connectivity index is 1.45. The smallest absolute Gasteiger partial charge is 0.319 e. The molecule has 0 aliphatic carbocycles. The molecule has 0 aliphatic rings. The fourth-order valence-corrected chi connectivity index (χ4v) is 2.35. The Bertz CT molecular complexity index is 831. The van der Waals surface area contributed by atoms with Gasteiger partial charge < -0.3 is 15.4 Å². The van der Waals surface area contributed by atoms with Crippen molar-refractivity contribution in [3.8, 4) is 5.75 Å². The van der Waals surface area contributed by atoms with Gasteiger partial charge in [0.05, 0.1) is 0 Å². The van der Waals surface area contributed by atoms with Gasteiger partial charge >= 0.3 is 6.03 Å². The van der Waals surface area contributed by atoms with Crippen molar-refractivity contribution in [3.05, 3.63) is 89.7 Å². The number of carbonyl (C=O) groups excluding carboxylic acids is 1. The van der Waals surface area contributed by atoms with Gasteiger partial charge in [0.2, 0.25) is 0 Å². The molecule has 3 aromatic rings. The molecule has 2 amide bonds. The zero-order chi connectivity index (χ0) is 18.2. The van der Waals surface area contributed by atoms with Crippen LogP contribution in [0.2, 0.25) is 0 Å². The van der Waals surface area contributed by atoms with Crippen LogP contribution in [0.4, 0.5) is 10.5 Å². The largest absolute Gasteiger partial charge is 0.489 e. The maximum absolute atomic E-state index is 12.0. The van der Waals surface area contributed by atoms with E-state index in [0.29, 0.717) is 18.8 Å². The first-order chi connectivity index (χ1) is 12.7. The number of ether oxygens (including phenoxy) is 1. The van der Waals surface area contributed by atoms with E-state index in [0.717, 1.165) is 16.9 Å². The van der Waals surface area contributed by atoms with Crippen molar-refractivity contribution in [2.24, 2.45) is 0 Å². The summed E-state index contributed by atoms with van der Waals surface area (Å²) in [6.45, 7) is 2.98. The number of aryl methyl sites for hydroxylation is 1. The molecular formula is C21H21N3O2. The minimum absolute atomic E-state index is 0.241. The minimum atomic E-state index is -0.241. The molecule has 5 heteroatoms. The number of urea groups is 1. The molecule has 2 N–H and O–H groups in total. The first-order valence-corrected chi connectivity index (χ1v) is 8.41. The summed E-state index contributed by atoms with van der Waals surface area (Å²) in [6.07, 6.45) is 3.50. The lowest BCUT2D eigenvalue weighted by molar-refractivity contribution is 0.251. The average molecular weight is 347 g/mol. The lowest BCUT2D eigenvalue weighted by atomic mass is 10.1. The minimum Gasteiger partial charge on any atom is -0.489 e. The molecule has 0 atom stereocenters. The lowest BCUT2D eigenvalue weighted by Crippen LogP contribution is -2.28. The van der Waals surface area contributed by atoms with Gasteiger partial charge in [-0.15, -0.1) is 0 Å². The van der Waals surface area contributed by atoms with Crippen LogP contribution in [0.1, 0.15) is 16.7 Å². The molecule has 0 aliphatic heterocycles. The number of benzene rings is 2. The highest BCUT2D eigenvalue weighted by molar-refractivity contribution is 5.89. The summed E-state index contributed by atoms with van der Waals surface area (Å²) in [5.74, 6) is 0.736. The standard InChI is InChI=1S/C21H21N3O2/c1-16-4-6-17(7-5-16)14-23-21(25)24-19-8-10-20(11-9-19)26-15-18-3-2-12-22-13-18/h2-13H,14-15H2,1H3,(H2,23,24,25). The van der Waals surface area contributed by atoms with E-state index in [4.69, 9.17) is 4.74 Å². The quantitative estimate of drug-likeness (QED) is 0.699. The van der Waals surface area contributed by atoms with E-state index in [1.807, 2.05) is 67.6 Å². The normalized spacial score (nSPS) is 10.2. The van der Waals surface area contributed by atoms with Crippen molar-refractivity contribution in [1.82, 2.24) is 10.3 Å². The molecule has 26 heavy (non-hydrogen) atoms. The maximum Gasteiger partial charge on any atom is 0.319 e. The summed E-state index contributed by atoms with van der Waals surface area (Å²) in [4.78, 5) is 16.0. The van der Waals surface area contributed by atoms with Crippen LogP contribution in [-0.4, -0.2) is 11.0 Å². The van der Waals surface area contributed by atoms with E-state index in [2.05, 4.69) is 15.6 Å². The molecule has 0 bridgehead atoms. The summed E-state index contributed by atoms with van der Waals surface area (Å²) >= 11 is 0. The Kier molecular flexibility index (Phi) is 5.83. The van der Waals surface area contributed by atoms with E-state index in [1.54, 1.807) is 12.4 Å². The monoisotopic (exact) mass is 347 g/mol. The Morgan fingerprint density at radius 1 is 1.00 bits per heavy atom. The van der Waals surface area contributed by atoms with Crippen LogP contribution in [0.5, 0.6) is 5.75 Å². The van der Waals surface area contributed by atoms with Gasteiger partial charge in [0.25, 0.3) is 0 Å². The van der Waals surface area contributed by atoms with Crippen molar-refractivity contribution < 1.29 is 9.53 Å². The first kappa shape index (κ1) is 17.5. The highest BCUT2D eigenvalue weighted by atomic mass is 16.5. The molecule has 0 spiro atoms. The van der Waals surface area contributed by atoms with Gasteiger partial charge in [0.1, 0.15) is 12.4 Å². The second-order valence-electron chi connectivity index (χ2n) is 5.97. The third-order valence-corrected chi connectivity index (χ3v) is 3.81. The van der Waals surface area contributed by atoms with Gasteiger partial charge in [0.15, 0.2) is 0 Å². The van der Waals surface area contributed by atoms with Crippen LogP contribution in [-0.2, 0) is 13.2 Å².